The highest BCUT2D eigenvalue weighted by Crippen LogP contribution is 2.24. The van der Waals surface area contributed by atoms with Crippen molar-refractivity contribution in [1.82, 2.24) is 25.3 Å². The number of thiophene rings is 1. The number of hydrogen-bond acceptors (Lipinski definition) is 8. The quantitative estimate of drug-likeness (QED) is 0.395. The van der Waals surface area contributed by atoms with Crippen LogP contribution in [0.1, 0.15) is 12.3 Å². The Balaban J connectivity index is 1.26. The maximum atomic E-state index is 5.59. The van der Waals surface area contributed by atoms with Gasteiger partial charge in [0, 0.05) is 18.4 Å². The molecule has 4 aromatic heterocycles. The van der Waals surface area contributed by atoms with Gasteiger partial charge in [-0.25, -0.2) is 0 Å². The Morgan fingerprint density at radius 1 is 1.21 bits per heavy atom. The summed E-state index contributed by atoms with van der Waals surface area (Å²) in [6.07, 6.45) is 3.43. The van der Waals surface area contributed by atoms with E-state index in [0.717, 1.165) is 29.2 Å². The fraction of sp³-hybridized carbons (Fsp3) is 0.200. The summed E-state index contributed by atoms with van der Waals surface area (Å²) in [5, 5.41) is 14.6. The molecule has 4 rings (SSSR count). The lowest BCUT2D eigenvalue weighted by Crippen LogP contribution is -1.88. The van der Waals surface area contributed by atoms with Crippen LogP contribution in [0.15, 0.2) is 50.0 Å². The molecule has 0 fully saturated rings. The Hall–Kier alpha value is -2.39. The fourth-order valence-corrected chi connectivity index (χ4v) is 3.43. The summed E-state index contributed by atoms with van der Waals surface area (Å²) in [6, 6.07) is 7.73. The highest BCUT2D eigenvalue weighted by molar-refractivity contribution is 7.99. The molecule has 0 spiro atoms. The number of hydrogen-bond donors (Lipinski definition) is 1. The standard InChI is InChI=1S/C15H13N5O2S2/c1-4-10(16-7-1)14-18-19-15(21-14)24-9-3-6-12-17-13(20-22-12)11-5-2-8-23-11/h1-2,4-5,7-8,16H,3,6,9H2. The Kier molecular flexibility index (Phi) is 4.43. The van der Waals surface area contributed by atoms with Gasteiger partial charge in [-0.3, -0.25) is 0 Å². The van der Waals surface area contributed by atoms with E-state index in [-0.39, 0.29) is 0 Å². The lowest BCUT2D eigenvalue weighted by atomic mass is 10.3. The Labute approximate surface area is 145 Å². The number of rotatable bonds is 7. The molecule has 0 aliphatic carbocycles. The minimum atomic E-state index is 0.500. The predicted octanol–water partition coefficient (Wildman–Crippen LogP) is 3.90. The van der Waals surface area contributed by atoms with Crippen molar-refractivity contribution in [2.24, 2.45) is 0 Å². The molecule has 0 unspecified atom stereocenters. The minimum Gasteiger partial charge on any atom is -0.410 e. The van der Waals surface area contributed by atoms with Crippen molar-refractivity contribution < 1.29 is 8.94 Å². The SMILES string of the molecule is c1c[nH]c(-c2nnc(SCCCc3nc(-c4cccs4)no3)o2)c1. The van der Waals surface area contributed by atoms with Crippen molar-refractivity contribution in [3.8, 4) is 22.3 Å². The highest BCUT2D eigenvalue weighted by Gasteiger charge is 2.11. The smallest absolute Gasteiger partial charge is 0.276 e. The third kappa shape index (κ3) is 3.41. The number of aryl methyl sites for hydroxylation is 1. The summed E-state index contributed by atoms with van der Waals surface area (Å²) < 4.78 is 10.9. The van der Waals surface area contributed by atoms with Crippen molar-refractivity contribution >= 4 is 23.1 Å². The van der Waals surface area contributed by atoms with Gasteiger partial charge in [0.25, 0.3) is 11.1 Å². The van der Waals surface area contributed by atoms with Crippen LogP contribution in [0.3, 0.4) is 0 Å². The zero-order chi connectivity index (χ0) is 16.2. The first kappa shape index (κ1) is 15.2. The molecule has 0 aromatic carbocycles. The molecule has 0 atom stereocenters. The van der Waals surface area contributed by atoms with Crippen LogP contribution in [0.25, 0.3) is 22.3 Å². The number of aromatic amines is 1. The molecule has 0 saturated carbocycles. The lowest BCUT2D eigenvalue weighted by molar-refractivity contribution is 0.378. The Morgan fingerprint density at radius 3 is 3.04 bits per heavy atom. The molecule has 7 nitrogen and oxygen atoms in total. The molecule has 24 heavy (non-hydrogen) atoms. The summed E-state index contributed by atoms with van der Waals surface area (Å²) in [5.41, 5.74) is 0.821. The number of nitrogens with one attached hydrogen (secondary N) is 1. The Bertz CT molecular complexity index is 808. The maximum absolute atomic E-state index is 5.59. The summed E-state index contributed by atoms with van der Waals surface area (Å²) >= 11 is 3.12. The van der Waals surface area contributed by atoms with Crippen LogP contribution in [0.2, 0.25) is 0 Å². The maximum Gasteiger partial charge on any atom is 0.276 e. The van der Waals surface area contributed by atoms with Gasteiger partial charge in [0.2, 0.25) is 11.7 Å². The van der Waals surface area contributed by atoms with Crippen molar-refractivity contribution in [1.29, 1.82) is 0 Å². The van der Waals surface area contributed by atoms with Crippen LogP contribution in [-0.4, -0.2) is 31.1 Å². The summed E-state index contributed by atoms with van der Waals surface area (Å²) in [7, 11) is 0. The van der Waals surface area contributed by atoms with E-state index in [2.05, 4.69) is 25.3 Å². The second-order valence-corrected chi connectivity index (χ2v) is 6.89. The first-order valence-electron chi connectivity index (χ1n) is 7.35. The van der Waals surface area contributed by atoms with Gasteiger partial charge in [0.05, 0.1) is 4.88 Å². The Morgan fingerprint density at radius 2 is 2.21 bits per heavy atom. The molecule has 0 aliphatic heterocycles. The molecular formula is C15H13N5O2S2. The van der Waals surface area contributed by atoms with Crippen molar-refractivity contribution in [3.63, 3.8) is 0 Å². The predicted molar refractivity (Wildman–Crippen MR) is 90.7 cm³/mol. The molecule has 0 bridgehead atoms. The molecule has 9 heteroatoms. The van der Waals surface area contributed by atoms with E-state index in [1.54, 1.807) is 11.3 Å². The molecule has 0 radical (unpaired) electrons. The van der Waals surface area contributed by atoms with Gasteiger partial charge in [0.1, 0.15) is 5.69 Å². The van der Waals surface area contributed by atoms with Crippen LogP contribution < -0.4 is 0 Å². The monoisotopic (exact) mass is 359 g/mol. The molecule has 1 N–H and O–H groups in total. The van der Waals surface area contributed by atoms with Crippen LogP contribution in [0, 0.1) is 0 Å². The van der Waals surface area contributed by atoms with E-state index >= 15 is 0 Å². The average Bonchev–Trinajstić information content (AvgIpc) is 3.40. The van der Waals surface area contributed by atoms with Crippen LogP contribution in [0.5, 0.6) is 0 Å². The van der Waals surface area contributed by atoms with Crippen molar-refractivity contribution in [3.05, 3.63) is 41.7 Å². The zero-order valence-electron chi connectivity index (χ0n) is 12.5. The van der Waals surface area contributed by atoms with Gasteiger partial charge < -0.3 is 13.9 Å². The molecular weight excluding hydrogens is 346 g/mol. The molecule has 4 aromatic rings. The molecule has 122 valence electrons. The zero-order valence-corrected chi connectivity index (χ0v) is 14.1. The third-order valence-electron chi connectivity index (χ3n) is 3.20. The lowest BCUT2D eigenvalue weighted by Gasteiger charge is -1.94. The molecule has 0 saturated heterocycles. The van der Waals surface area contributed by atoms with Crippen LogP contribution >= 0.6 is 23.1 Å². The van der Waals surface area contributed by atoms with Crippen molar-refractivity contribution in [2.75, 3.05) is 5.75 Å². The van der Waals surface area contributed by atoms with Gasteiger partial charge in [-0.2, -0.15) is 4.98 Å². The fourth-order valence-electron chi connectivity index (χ4n) is 2.09. The second-order valence-electron chi connectivity index (χ2n) is 4.90. The summed E-state index contributed by atoms with van der Waals surface area (Å²) in [4.78, 5) is 8.46. The summed E-state index contributed by atoms with van der Waals surface area (Å²) in [5.74, 6) is 2.64. The third-order valence-corrected chi connectivity index (χ3v) is 4.98. The van der Waals surface area contributed by atoms with Gasteiger partial charge in [-0.05, 0) is 30.0 Å². The van der Waals surface area contributed by atoms with E-state index in [0.29, 0.717) is 22.8 Å². The number of aromatic nitrogens is 5. The van der Waals surface area contributed by atoms with Gasteiger partial charge in [-0.1, -0.05) is 23.0 Å². The largest absolute Gasteiger partial charge is 0.410 e. The minimum absolute atomic E-state index is 0.500. The molecule has 4 heterocycles. The molecule has 0 amide bonds. The van der Waals surface area contributed by atoms with Gasteiger partial charge >= 0.3 is 0 Å². The van der Waals surface area contributed by atoms with E-state index in [1.165, 1.54) is 11.8 Å². The number of H-pyrrole nitrogens is 1. The normalized spacial score (nSPS) is 11.2. The van der Waals surface area contributed by atoms with E-state index in [4.69, 9.17) is 8.94 Å². The molecule has 0 aliphatic rings. The number of thioether (sulfide) groups is 1. The van der Waals surface area contributed by atoms with Crippen LogP contribution in [0.4, 0.5) is 0 Å². The van der Waals surface area contributed by atoms with E-state index in [1.807, 2.05) is 35.8 Å². The van der Waals surface area contributed by atoms with Crippen LogP contribution in [-0.2, 0) is 6.42 Å². The average molecular weight is 359 g/mol. The first-order valence-corrected chi connectivity index (χ1v) is 9.21. The highest BCUT2D eigenvalue weighted by atomic mass is 32.2. The topological polar surface area (TPSA) is 93.6 Å². The van der Waals surface area contributed by atoms with E-state index in [9.17, 15) is 0 Å². The van der Waals surface area contributed by atoms with Crippen molar-refractivity contribution in [2.45, 2.75) is 18.1 Å². The van der Waals surface area contributed by atoms with E-state index < -0.39 is 0 Å². The first-order chi connectivity index (χ1) is 11.9. The van der Waals surface area contributed by atoms with Gasteiger partial charge in [-0.15, -0.1) is 21.5 Å². The summed E-state index contributed by atoms with van der Waals surface area (Å²) in [6.45, 7) is 0. The number of nitrogens with zero attached hydrogens (tertiary/aromatic N) is 4. The second kappa shape index (κ2) is 7.02. The van der Waals surface area contributed by atoms with Gasteiger partial charge in [0.15, 0.2) is 0 Å².